The van der Waals surface area contributed by atoms with Gasteiger partial charge in [-0.15, -0.1) is 0 Å². The minimum Gasteiger partial charge on any atom is -0.451 e. The zero-order valence-electron chi connectivity index (χ0n) is 12.7. The first-order chi connectivity index (χ1) is 10.9. The van der Waals surface area contributed by atoms with Crippen LogP contribution in [0.3, 0.4) is 0 Å². The average Bonchev–Trinajstić information content (AvgIpc) is 2.97. The van der Waals surface area contributed by atoms with Crippen molar-refractivity contribution in [3.63, 3.8) is 0 Å². The van der Waals surface area contributed by atoms with Gasteiger partial charge in [0.1, 0.15) is 11.8 Å². The second-order valence-electron chi connectivity index (χ2n) is 4.88. The predicted molar refractivity (Wildman–Crippen MR) is 89.8 cm³/mol. The molecule has 0 spiro atoms. The van der Waals surface area contributed by atoms with E-state index in [1.165, 1.54) is 6.07 Å². The lowest BCUT2D eigenvalue weighted by atomic mass is 10.2. The molecule has 0 bridgehead atoms. The van der Waals surface area contributed by atoms with Gasteiger partial charge in [-0.2, -0.15) is 0 Å². The molecule has 2 amide bonds. The molecule has 0 aliphatic rings. The predicted octanol–water partition coefficient (Wildman–Crippen LogP) is 3.51. The first-order valence-electron chi connectivity index (χ1n) is 7.06. The van der Waals surface area contributed by atoms with Crippen LogP contribution in [-0.4, -0.2) is 24.4 Å². The molecule has 0 saturated carbocycles. The quantitative estimate of drug-likeness (QED) is 0.862. The molecular formula is C16H16Cl2N2O3. The lowest BCUT2D eigenvalue weighted by molar-refractivity contribution is -0.122. The molecule has 1 atom stereocenters. The summed E-state index contributed by atoms with van der Waals surface area (Å²) >= 11 is 12.0. The molecule has 1 aromatic carbocycles. The summed E-state index contributed by atoms with van der Waals surface area (Å²) < 4.78 is 5.52. The number of carbonyl (C=O) groups is 2. The Labute approximate surface area is 144 Å². The van der Waals surface area contributed by atoms with Crippen LogP contribution in [0.4, 0.5) is 0 Å². The minimum absolute atomic E-state index is 0.0992. The van der Waals surface area contributed by atoms with Crippen molar-refractivity contribution in [2.24, 2.45) is 0 Å². The van der Waals surface area contributed by atoms with Crippen molar-refractivity contribution in [3.8, 4) is 11.3 Å². The number of likely N-dealkylation sites (N-methyl/N-ethyl adjacent to an activating group) is 1. The van der Waals surface area contributed by atoms with E-state index in [9.17, 15) is 9.59 Å². The number of benzene rings is 1. The van der Waals surface area contributed by atoms with Crippen LogP contribution in [-0.2, 0) is 4.79 Å². The number of furan rings is 1. The SMILES string of the molecule is CCNC(=O)[C@H](C)NC(=O)c1ccc(-c2ccc(Cl)cc2Cl)o1. The molecule has 0 unspecified atom stereocenters. The second-order valence-corrected chi connectivity index (χ2v) is 5.72. The van der Waals surface area contributed by atoms with Crippen molar-refractivity contribution >= 4 is 35.0 Å². The average molecular weight is 355 g/mol. The molecule has 2 N–H and O–H groups in total. The monoisotopic (exact) mass is 354 g/mol. The van der Waals surface area contributed by atoms with Crippen LogP contribution in [0.15, 0.2) is 34.7 Å². The Morgan fingerprint density at radius 2 is 1.96 bits per heavy atom. The highest BCUT2D eigenvalue weighted by Crippen LogP contribution is 2.31. The molecular weight excluding hydrogens is 339 g/mol. The van der Waals surface area contributed by atoms with E-state index in [4.69, 9.17) is 27.6 Å². The molecule has 0 radical (unpaired) electrons. The number of hydrogen-bond donors (Lipinski definition) is 2. The van der Waals surface area contributed by atoms with Gasteiger partial charge in [0.2, 0.25) is 5.91 Å². The fourth-order valence-corrected chi connectivity index (χ4v) is 2.46. The highest BCUT2D eigenvalue weighted by molar-refractivity contribution is 6.36. The topological polar surface area (TPSA) is 71.3 Å². The van der Waals surface area contributed by atoms with Crippen LogP contribution in [0, 0.1) is 0 Å². The molecule has 122 valence electrons. The Hall–Kier alpha value is -1.98. The molecule has 1 aromatic heterocycles. The zero-order chi connectivity index (χ0) is 17.0. The van der Waals surface area contributed by atoms with Crippen LogP contribution in [0.1, 0.15) is 24.4 Å². The van der Waals surface area contributed by atoms with Gasteiger partial charge >= 0.3 is 0 Å². The zero-order valence-corrected chi connectivity index (χ0v) is 14.2. The van der Waals surface area contributed by atoms with Crippen LogP contribution < -0.4 is 10.6 Å². The van der Waals surface area contributed by atoms with E-state index in [0.717, 1.165) is 0 Å². The van der Waals surface area contributed by atoms with Gasteiger partial charge in [-0.05, 0) is 44.2 Å². The van der Waals surface area contributed by atoms with E-state index in [-0.39, 0.29) is 11.7 Å². The molecule has 0 aliphatic heterocycles. The van der Waals surface area contributed by atoms with Crippen molar-refractivity contribution in [2.75, 3.05) is 6.54 Å². The highest BCUT2D eigenvalue weighted by atomic mass is 35.5. The van der Waals surface area contributed by atoms with Crippen molar-refractivity contribution < 1.29 is 14.0 Å². The summed E-state index contributed by atoms with van der Waals surface area (Å²) in [6.07, 6.45) is 0. The maximum atomic E-state index is 12.1. The van der Waals surface area contributed by atoms with Gasteiger partial charge in [0.15, 0.2) is 5.76 Å². The number of amides is 2. The Balaban J connectivity index is 2.12. The van der Waals surface area contributed by atoms with E-state index >= 15 is 0 Å². The molecule has 0 saturated heterocycles. The van der Waals surface area contributed by atoms with E-state index in [1.807, 2.05) is 0 Å². The molecule has 5 nitrogen and oxygen atoms in total. The first-order valence-corrected chi connectivity index (χ1v) is 7.81. The van der Waals surface area contributed by atoms with Gasteiger partial charge < -0.3 is 15.1 Å². The summed E-state index contributed by atoms with van der Waals surface area (Å²) in [7, 11) is 0. The number of rotatable bonds is 5. The van der Waals surface area contributed by atoms with Gasteiger partial charge in [-0.3, -0.25) is 9.59 Å². The highest BCUT2D eigenvalue weighted by Gasteiger charge is 2.19. The summed E-state index contributed by atoms with van der Waals surface area (Å²) in [6.45, 7) is 3.91. The van der Waals surface area contributed by atoms with E-state index in [1.54, 1.807) is 38.1 Å². The van der Waals surface area contributed by atoms with E-state index in [2.05, 4.69) is 10.6 Å². The van der Waals surface area contributed by atoms with Crippen LogP contribution >= 0.6 is 23.2 Å². The van der Waals surface area contributed by atoms with Crippen molar-refractivity contribution in [2.45, 2.75) is 19.9 Å². The van der Waals surface area contributed by atoms with Crippen molar-refractivity contribution in [1.29, 1.82) is 0 Å². The third kappa shape index (κ3) is 4.27. The normalized spacial score (nSPS) is 11.8. The lowest BCUT2D eigenvalue weighted by Gasteiger charge is -2.12. The maximum absolute atomic E-state index is 12.1. The molecule has 0 aliphatic carbocycles. The van der Waals surface area contributed by atoms with Gasteiger partial charge in [-0.25, -0.2) is 0 Å². The Morgan fingerprint density at radius 1 is 1.22 bits per heavy atom. The Bertz CT molecular complexity index is 728. The number of hydrogen-bond acceptors (Lipinski definition) is 3. The first kappa shape index (κ1) is 17.4. The second kappa shape index (κ2) is 7.53. The third-order valence-corrected chi connectivity index (χ3v) is 3.67. The third-order valence-electron chi connectivity index (χ3n) is 3.12. The molecule has 2 rings (SSSR count). The summed E-state index contributed by atoms with van der Waals surface area (Å²) in [5, 5.41) is 6.14. The fraction of sp³-hybridized carbons (Fsp3) is 0.250. The number of carbonyl (C=O) groups excluding carboxylic acids is 2. The minimum atomic E-state index is -0.657. The smallest absolute Gasteiger partial charge is 0.287 e. The van der Waals surface area contributed by atoms with Gasteiger partial charge in [0.25, 0.3) is 5.91 Å². The summed E-state index contributed by atoms with van der Waals surface area (Å²) in [6, 6.07) is 7.50. The Kier molecular flexibility index (Phi) is 5.69. The van der Waals surface area contributed by atoms with Crippen molar-refractivity contribution in [3.05, 3.63) is 46.1 Å². The largest absolute Gasteiger partial charge is 0.451 e. The summed E-state index contributed by atoms with van der Waals surface area (Å²) in [4.78, 5) is 23.7. The Morgan fingerprint density at radius 3 is 2.61 bits per heavy atom. The van der Waals surface area contributed by atoms with Gasteiger partial charge in [-0.1, -0.05) is 23.2 Å². The molecule has 7 heteroatoms. The lowest BCUT2D eigenvalue weighted by Crippen LogP contribution is -2.44. The van der Waals surface area contributed by atoms with Crippen LogP contribution in [0.2, 0.25) is 10.0 Å². The van der Waals surface area contributed by atoms with E-state index < -0.39 is 11.9 Å². The van der Waals surface area contributed by atoms with Crippen LogP contribution in [0.5, 0.6) is 0 Å². The molecule has 0 fully saturated rings. The van der Waals surface area contributed by atoms with Gasteiger partial charge in [0, 0.05) is 17.1 Å². The number of halogens is 2. The van der Waals surface area contributed by atoms with Crippen molar-refractivity contribution in [1.82, 2.24) is 10.6 Å². The standard InChI is InChI=1S/C16H16Cl2N2O3/c1-3-19-15(21)9(2)20-16(22)14-7-6-13(23-14)11-5-4-10(17)8-12(11)18/h4-9H,3H2,1-2H3,(H,19,21)(H,20,22)/t9-/m0/s1. The number of nitrogens with one attached hydrogen (secondary N) is 2. The fourth-order valence-electron chi connectivity index (χ4n) is 1.95. The molecule has 1 heterocycles. The summed E-state index contributed by atoms with van der Waals surface area (Å²) in [5.41, 5.74) is 0.631. The summed E-state index contributed by atoms with van der Waals surface area (Å²) in [5.74, 6) is -0.182. The maximum Gasteiger partial charge on any atom is 0.287 e. The molecule has 2 aromatic rings. The van der Waals surface area contributed by atoms with E-state index in [0.29, 0.717) is 27.9 Å². The molecule has 23 heavy (non-hydrogen) atoms. The van der Waals surface area contributed by atoms with Gasteiger partial charge in [0.05, 0.1) is 5.02 Å². The van der Waals surface area contributed by atoms with Crippen LogP contribution in [0.25, 0.3) is 11.3 Å².